The molecule has 1 spiro atoms. The molecule has 1 fully saturated rings. The molecule has 0 N–H and O–H groups in total. The van der Waals surface area contributed by atoms with Gasteiger partial charge in [0.2, 0.25) is 5.91 Å². The first-order valence-electron chi connectivity index (χ1n) is 7.20. The van der Waals surface area contributed by atoms with Crippen molar-refractivity contribution in [2.45, 2.75) is 31.5 Å². The highest BCUT2D eigenvalue weighted by Crippen LogP contribution is 2.54. The topological polar surface area (TPSA) is 23.6 Å². The lowest BCUT2D eigenvalue weighted by Gasteiger charge is -2.38. The molecule has 20 heavy (non-hydrogen) atoms. The SMILES string of the molecule is CN(C)C(=O)CN1CCc2cc(CF)ccc2C12CC2. The van der Waals surface area contributed by atoms with Gasteiger partial charge in [-0.25, -0.2) is 4.39 Å². The molecular weight excluding hydrogens is 255 g/mol. The lowest BCUT2D eigenvalue weighted by Crippen LogP contribution is -2.46. The normalized spacial score (nSPS) is 19.8. The standard InChI is InChI=1S/C16H21FN2O/c1-18(2)15(20)11-19-8-5-13-9-12(10-17)3-4-14(13)16(19)6-7-16/h3-4,9H,5-8,10-11H2,1-2H3. The fourth-order valence-electron chi connectivity index (χ4n) is 3.27. The number of likely N-dealkylation sites (N-methyl/N-ethyl adjacent to an activating group) is 1. The third kappa shape index (κ3) is 2.12. The van der Waals surface area contributed by atoms with E-state index in [4.69, 9.17) is 0 Å². The van der Waals surface area contributed by atoms with Gasteiger partial charge >= 0.3 is 0 Å². The summed E-state index contributed by atoms with van der Waals surface area (Å²) in [6.45, 7) is 0.975. The molecule has 1 aliphatic heterocycles. The molecule has 108 valence electrons. The van der Waals surface area contributed by atoms with Crippen LogP contribution in [0, 0.1) is 0 Å². The Hall–Kier alpha value is -1.42. The molecule has 3 rings (SSSR count). The molecule has 0 saturated heterocycles. The zero-order chi connectivity index (χ0) is 14.3. The van der Waals surface area contributed by atoms with E-state index < -0.39 is 6.67 Å². The van der Waals surface area contributed by atoms with Gasteiger partial charge in [-0.2, -0.15) is 0 Å². The number of hydrogen-bond acceptors (Lipinski definition) is 2. The van der Waals surface area contributed by atoms with Crippen LogP contribution in [0.2, 0.25) is 0 Å². The van der Waals surface area contributed by atoms with Gasteiger partial charge in [-0.05, 0) is 36.0 Å². The maximum atomic E-state index is 12.8. The van der Waals surface area contributed by atoms with Crippen molar-refractivity contribution in [2.75, 3.05) is 27.2 Å². The average Bonchev–Trinajstić information content (AvgIpc) is 3.23. The summed E-state index contributed by atoms with van der Waals surface area (Å²) in [7, 11) is 3.60. The Morgan fingerprint density at radius 2 is 2.15 bits per heavy atom. The van der Waals surface area contributed by atoms with Crippen molar-refractivity contribution in [1.82, 2.24) is 9.80 Å². The van der Waals surface area contributed by atoms with E-state index in [1.807, 2.05) is 12.1 Å². The number of alkyl halides is 1. The van der Waals surface area contributed by atoms with Crippen LogP contribution in [0.3, 0.4) is 0 Å². The van der Waals surface area contributed by atoms with Gasteiger partial charge in [0.05, 0.1) is 6.54 Å². The van der Waals surface area contributed by atoms with Crippen molar-refractivity contribution in [2.24, 2.45) is 0 Å². The highest BCUT2D eigenvalue weighted by molar-refractivity contribution is 5.78. The summed E-state index contributed by atoms with van der Waals surface area (Å²) in [5.74, 6) is 0.153. The third-order valence-electron chi connectivity index (χ3n) is 4.63. The zero-order valence-electron chi connectivity index (χ0n) is 12.2. The number of carbonyl (C=O) groups excluding carboxylic acids is 1. The Labute approximate surface area is 119 Å². The Morgan fingerprint density at radius 1 is 1.40 bits per heavy atom. The van der Waals surface area contributed by atoms with Crippen LogP contribution in [-0.2, 0) is 23.4 Å². The molecule has 1 saturated carbocycles. The van der Waals surface area contributed by atoms with Crippen molar-refractivity contribution in [1.29, 1.82) is 0 Å². The summed E-state index contributed by atoms with van der Waals surface area (Å²) >= 11 is 0. The first-order valence-corrected chi connectivity index (χ1v) is 7.20. The van der Waals surface area contributed by atoms with Crippen molar-refractivity contribution in [3.8, 4) is 0 Å². The predicted octanol–water partition coefficient (Wildman–Crippen LogP) is 2.09. The lowest BCUT2D eigenvalue weighted by molar-refractivity contribution is -0.130. The lowest BCUT2D eigenvalue weighted by atomic mass is 9.89. The monoisotopic (exact) mass is 276 g/mol. The number of fused-ring (bicyclic) bond motifs is 2. The first kappa shape index (κ1) is 13.6. The van der Waals surface area contributed by atoms with Gasteiger partial charge in [-0.15, -0.1) is 0 Å². The maximum absolute atomic E-state index is 12.8. The molecule has 1 heterocycles. The Morgan fingerprint density at radius 3 is 2.75 bits per heavy atom. The molecule has 1 amide bonds. The van der Waals surface area contributed by atoms with Crippen molar-refractivity contribution < 1.29 is 9.18 Å². The van der Waals surface area contributed by atoms with Crippen LogP contribution in [0.4, 0.5) is 4.39 Å². The number of nitrogens with zero attached hydrogens (tertiary/aromatic N) is 2. The summed E-state index contributed by atoms with van der Waals surface area (Å²) in [4.78, 5) is 15.9. The second-order valence-electron chi connectivity index (χ2n) is 6.12. The first-order chi connectivity index (χ1) is 9.56. The summed E-state index contributed by atoms with van der Waals surface area (Å²) in [5.41, 5.74) is 3.39. The fraction of sp³-hybridized carbons (Fsp3) is 0.562. The molecule has 0 aromatic heterocycles. The second-order valence-corrected chi connectivity index (χ2v) is 6.12. The van der Waals surface area contributed by atoms with E-state index in [0.29, 0.717) is 6.54 Å². The Bertz CT molecular complexity index is 537. The molecule has 0 unspecified atom stereocenters. The summed E-state index contributed by atoms with van der Waals surface area (Å²) in [6.07, 6.45) is 3.12. The highest BCUT2D eigenvalue weighted by Gasteiger charge is 2.52. The van der Waals surface area contributed by atoms with Gasteiger partial charge in [0.15, 0.2) is 0 Å². The van der Waals surface area contributed by atoms with Crippen molar-refractivity contribution >= 4 is 5.91 Å². The number of amides is 1. The van der Waals surface area contributed by atoms with Crippen LogP contribution < -0.4 is 0 Å². The number of benzene rings is 1. The number of carbonyl (C=O) groups is 1. The molecule has 4 heteroatoms. The zero-order valence-corrected chi connectivity index (χ0v) is 12.2. The molecule has 1 aromatic carbocycles. The van der Waals surface area contributed by atoms with Crippen LogP contribution in [-0.4, -0.2) is 42.9 Å². The van der Waals surface area contributed by atoms with Gasteiger partial charge in [-0.3, -0.25) is 9.69 Å². The van der Waals surface area contributed by atoms with Gasteiger partial charge in [-0.1, -0.05) is 18.2 Å². The van der Waals surface area contributed by atoms with E-state index in [9.17, 15) is 9.18 Å². The maximum Gasteiger partial charge on any atom is 0.236 e. The minimum absolute atomic E-state index is 0.0497. The van der Waals surface area contributed by atoms with E-state index in [2.05, 4.69) is 11.0 Å². The smallest absolute Gasteiger partial charge is 0.236 e. The quantitative estimate of drug-likeness (QED) is 0.844. The Kier molecular flexibility index (Phi) is 3.28. The predicted molar refractivity (Wildman–Crippen MR) is 76.1 cm³/mol. The van der Waals surface area contributed by atoms with Gasteiger partial charge in [0, 0.05) is 26.2 Å². The molecule has 1 aliphatic carbocycles. The molecular formula is C16H21FN2O. The van der Waals surface area contributed by atoms with E-state index in [1.165, 1.54) is 11.1 Å². The van der Waals surface area contributed by atoms with Crippen LogP contribution in [0.15, 0.2) is 18.2 Å². The second kappa shape index (κ2) is 4.85. The van der Waals surface area contributed by atoms with Crippen molar-refractivity contribution in [3.63, 3.8) is 0 Å². The summed E-state index contributed by atoms with van der Waals surface area (Å²) < 4.78 is 12.8. The van der Waals surface area contributed by atoms with Crippen LogP contribution >= 0.6 is 0 Å². The summed E-state index contributed by atoms with van der Waals surface area (Å²) in [6, 6.07) is 5.96. The minimum atomic E-state index is -0.400. The van der Waals surface area contributed by atoms with Crippen LogP contribution in [0.25, 0.3) is 0 Å². The molecule has 3 nitrogen and oxygen atoms in total. The van der Waals surface area contributed by atoms with Gasteiger partial charge in [0.25, 0.3) is 0 Å². The van der Waals surface area contributed by atoms with Crippen LogP contribution in [0.5, 0.6) is 0 Å². The van der Waals surface area contributed by atoms with E-state index in [-0.39, 0.29) is 11.4 Å². The van der Waals surface area contributed by atoms with Gasteiger partial charge < -0.3 is 4.90 Å². The number of hydrogen-bond donors (Lipinski definition) is 0. The van der Waals surface area contributed by atoms with Crippen LogP contribution in [0.1, 0.15) is 29.5 Å². The molecule has 0 bridgehead atoms. The number of rotatable bonds is 3. The number of halogens is 1. The molecule has 2 aliphatic rings. The molecule has 0 atom stereocenters. The fourth-order valence-corrected chi connectivity index (χ4v) is 3.27. The minimum Gasteiger partial charge on any atom is -0.348 e. The highest BCUT2D eigenvalue weighted by atomic mass is 19.1. The largest absolute Gasteiger partial charge is 0.348 e. The molecule has 1 aromatic rings. The average molecular weight is 276 g/mol. The Balaban J connectivity index is 1.87. The van der Waals surface area contributed by atoms with Crippen molar-refractivity contribution in [3.05, 3.63) is 34.9 Å². The molecule has 0 radical (unpaired) electrons. The van der Waals surface area contributed by atoms with Gasteiger partial charge in [0.1, 0.15) is 6.67 Å². The summed E-state index contributed by atoms with van der Waals surface area (Å²) in [5, 5.41) is 0. The van der Waals surface area contributed by atoms with E-state index >= 15 is 0 Å². The van der Waals surface area contributed by atoms with E-state index in [0.717, 1.165) is 31.4 Å². The van der Waals surface area contributed by atoms with E-state index in [1.54, 1.807) is 19.0 Å². The third-order valence-corrected chi connectivity index (χ3v) is 4.63.